The summed E-state index contributed by atoms with van der Waals surface area (Å²) in [4.78, 5) is 10.6. The van der Waals surface area contributed by atoms with Crippen LogP contribution in [0.2, 0.25) is 5.15 Å². The Morgan fingerprint density at radius 1 is 1.44 bits per heavy atom. The maximum absolute atomic E-state index is 5.80. The molecule has 1 unspecified atom stereocenters. The summed E-state index contributed by atoms with van der Waals surface area (Å²) >= 11 is 5.80. The van der Waals surface area contributed by atoms with Gasteiger partial charge in [-0.2, -0.15) is 0 Å². The van der Waals surface area contributed by atoms with E-state index in [1.54, 1.807) is 6.07 Å². The van der Waals surface area contributed by atoms with Gasteiger partial charge in [0.05, 0.1) is 0 Å². The van der Waals surface area contributed by atoms with Gasteiger partial charge in [-0.3, -0.25) is 0 Å². The fourth-order valence-corrected chi connectivity index (χ4v) is 2.57. The zero-order valence-electron chi connectivity index (χ0n) is 10.9. The third kappa shape index (κ3) is 4.10. The minimum absolute atomic E-state index is 0.483. The Labute approximate surface area is 114 Å². The van der Waals surface area contributed by atoms with Crippen molar-refractivity contribution in [3.63, 3.8) is 0 Å². The van der Waals surface area contributed by atoms with Gasteiger partial charge in [0.15, 0.2) is 0 Å². The van der Waals surface area contributed by atoms with Gasteiger partial charge in [-0.15, -0.1) is 0 Å². The standard InChI is InChI=1S/C13H21ClN4/c1-11-5-2-3-7-18(11)8-4-6-15-13-9-12(14)16-10-17-13/h9-11H,2-8H2,1H3,(H,15,16,17). The Hall–Kier alpha value is -0.870. The quantitative estimate of drug-likeness (QED) is 0.659. The van der Waals surface area contributed by atoms with Crippen molar-refractivity contribution in [1.29, 1.82) is 0 Å². The van der Waals surface area contributed by atoms with E-state index in [9.17, 15) is 0 Å². The molecule has 0 saturated carbocycles. The Kier molecular flexibility index (Phi) is 5.20. The second-order valence-electron chi connectivity index (χ2n) is 4.89. The number of nitrogens with zero attached hydrogens (tertiary/aromatic N) is 3. The van der Waals surface area contributed by atoms with Crippen LogP contribution in [0.1, 0.15) is 32.6 Å². The highest BCUT2D eigenvalue weighted by Gasteiger charge is 2.16. The molecule has 1 aliphatic heterocycles. The van der Waals surface area contributed by atoms with Gasteiger partial charge in [0.2, 0.25) is 0 Å². The van der Waals surface area contributed by atoms with E-state index in [2.05, 4.69) is 27.1 Å². The van der Waals surface area contributed by atoms with E-state index >= 15 is 0 Å². The molecule has 0 spiro atoms. The van der Waals surface area contributed by atoms with Crippen molar-refractivity contribution in [2.75, 3.05) is 25.0 Å². The van der Waals surface area contributed by atoms with E-state index in [1.165, 1.54) is 32.1 Å². The third-order valence-electron chi connectivity index (χ3n) is 3.50. The van der Waals surface area contributed by atoms with Crippen molar-refractivity contribution in [2.45, 2.75) is 38.6 Å². The van der Waals surface area contributed by atoms with Crippen LogP contribution in [-0.4, -0.2) is 40.5 Å². The van der Waals surface area contributed by atoms with Crippen molar-refractivity contribution in [3.05, 3.63) is 17.5 Å². The van der Waals surface area contributed by atoms with Gasteiger partial charge in [0, 0.05) is 25.2 Å². The number of anilines is 1. The molecule has 0 bridgehead atoms. The third-order valence-corrected chi connectivity index (χ3v) is 3.71. The molecule has 1 fully saturated rings. The van der Waals surface area contributed by atoms with Gasteiger partial charge in [-0.25, -0.2) is 9.97 Å². The van der Waals surface area contributed by atoms with Gasteiger partial charge in [-0.05, 0) is 32.7 Å². The number of piperidine rings is 1. The molecular weight excluding hydrogens is 248 g/mol. The molecule has 4 nitrogen and oxygen atoms in total. The molecule has 1 aliphatic rings. The van der Waals surface area contributed by atoms with Crippen LogP contribution in [-0.2, 0) is 0 Å². The lowest BCUT2D eigenvalue weighted by Gasteiger charge is -2.33. The van der Waals surface area contributed by atoms with Crippen LogP contribution in [0.3, 0.4) is 0 Å². The summed E-state index contributed by atoms with van der Waals surface area (Å²) in [5.41, 5.74) is 0. The van der Waals surface area contributed by atoms with Crippen LogP contribution < -0.4 is 5.32 Å². The summed E-state index contributed by atoms with van der Waals surface area (Å²) in [5, 5.41) is 3.76. The van der Waals surface area contributed by atoms with Crippen LogP contribution in [0.25, 0.3) is 0 Å². The summed E-state index contributed by atoms with van der Waals surface area (Å²) < 4.78 is 0. The summed E-state index contributed by atoms with van der Waals surface area (Å²) in [7, 11) is 0. The van der Waals surface area contributed by atoms with Crippen LogP contribution >= 0.6 is 11.6 Å². The van der Waals surface area contributed by atoms with Crippen molar-refractivity contribution < 1.29 is 0 Å². The fourth-order valence-electron chi connectivity index (χ4n) is 2.42. The number of hydrogen-bond donors (Lipinski definition) is 1. The predicted octanol–water partition coefficient (Wildman–Crippen LogP) is 2.81. The maximum atomic E-state index is 5.80. The van der Waals surface area contributed by atoms with E-state index in [4.69, 9.17) is 11.6 Å². The molecule has 0 aromatic carbocycles. The lowest BCUT2D eigenvalue weighted by molar-refractivity contribution is 0.160. The second-order valence-corrected chi connectivity index (χ2v) is 5.27. The first-order chi connectivity index (χ1) is 8.75. The smallest absolute Gasteiger partial charge is 0.134 e. The van der Waals surface area contributed by atoms with Gasteiger partial charge in [0.25, 0.3) is 0 Å². The number of hydrogen-bond acceptors (Lipinski definition) is 4. The molecule has 2 heterocycles. The van der Waals surface area contributed by atoms with Gasteiger partial charge in [-0.1, -0.05) is 18.0 Å². The highest BCUT2D eigenvalue weighted by molar-refractivity contribution is 6.29. The number of aromatic nitrogens is 2. The van der Waals surface area contributed by atoms with Crippen LogP contribution in [0.15, 0.2) is 12.4 Å². The first kappa shape index (κ1) is 13.6. The molecule has 5 heteroatoms. The maximum Gasteiger partial charge on any atom is 0.134 e. The lowest BCUT2D eigenvalue weighted by Crippen LogP contribution is -2.38. The van der Waals surface area contributed by atoms with E-state index in [-0.39, 0.29) is 0 Å². The summed E-state index contributed by atoms with van der Waals surface area (Å²) in [5.74, 6) is 0.807. The monoisotopic (exact) mass is 268 g/mol. The molecule has 1 N–H and O–H groups in total. The minimum atomic E-state index is 0.483. The van der Waals surface area contributed by atoms with Crippen molar-refractivity contribution in [3.8, 4) is 0 Å². The first-order valence-electron chi connectivity index (χ1n) is 6.71. The average molecular weight is 269 g/mol. The topological polar surface area (TPSA) is 41.0 Å². The van der Waals surface area contributed by atoms with E-state index in [0.717, 1.165) is 31.4 Å². The van der Waals surface area contributed by atoms with Crippen molar-refractivity contribution >= 4 is 17.4 Å². The molecule has 100 valence electrons. The van der Waals surface area contributed by atoms with Crippen molar-refractivity contribution in [1.82, 2.24) is 14.9 Å². The Bertz CT molecular complexity index is 372. The Morgan fingerprint density at radius 3 is 3.11 bits per heavy atom. The van der Waals surface area contributed by atoms with E-state index in [1.807, 2.05) is 0 Å². The molecule has 18 heavy (non-hydrogen) atoms. The molecule has 1 atom stereocenters. The molecule has 2 rings (SSSR count). The minimum Gasteiger partial charge on any atom is -0.370 e. The van der Waals surface area contributed by atoms with Gasteiger partial charge in [0.1, 0.15) is 17.3 Å². The summed E-state index contributed by atoms with van der Waals surface area (Å²) in [6.07, 6.45) is 6.69. The highest BCUT2D eigenvalue weighted by Crippen LogP contribution is 2.16. The van der Waals surface area contributed by atoms with Crippen LogP contribution in [0.5, 0.6) is 0 Å². The normalized spacial score (nSPS) is 20.9. The summed E-state index contributed by atoms with van der Waals surface area (Å²) in [6.45, 7) is 5.67. The average Bonchev–Trinajstić information content (AvgIpc) is 2.37. The number of nitrogens with one attached hydrogen (secondary N) is 1. The molecule has 1 aromatic heterocycles. The summed E-state index contributed by atoms with van der Waals surface area (Å²) in [6, 6.07) is 2.50. The zero-order valence-corrected chi connectivity index (χ0v) is 11.7. The zero-order chi connectivity index (χ0) is 12.8. The first-order valence-corrected chi connectivity index (χ1v) is 7.09. The molecule has 1 aromatic rings. The molecular formula is C13H21ClN4. The molecule has 0 radical (unpaired) electrons. The number of halogens is 1. The number of rotatable bonds is 5. The predicted molar refractivity (Wildman–Crippen MR) is 75.0 cm³/mol. The fraction of sp³-hybridized carbons (Fsp3) is 0.692. The molecule has 0 aliphatic carbocycles. The van der Waals surface area contributed by atoms with E-state index < -0.39 is 0 Å². The lowest BCUT2D eigenvalue weighted by atomic mass is 10.0. The van der Waals surface area contributed by atoms with E-state index in [0.29, 0.717) is 5.15 Å². The van der Waals surface area contributed by atoms with Gasteiger partial charge < -0.3 is 10.2 Å². The SMILES string of the molecule is CC1CCCCN1CCCNc1cc(Cl)ncn1. The number of likely N-dealkylation sites (tertiary alicyclic amines) is 1. The highest BCUT2D eigenvalue weighted by atomic mass is 35.5. The van der Waals surface area contributed by atoms with Crippen molar-refractivity contribution in [2.24, 2.45) is 0 Å². The molecule has 0 amide bonds. The molecule has 1 saturated heterocycles. The van der Waals surface area contributed by atoms with Gasteiger partial charge >= 0.3 is 0 Å². The van der Waals surface area contributed by atoms with Crippen LogP contribution in [0, 0.1) is 0 Å². The largest absolute Gasteiger partial charge is 0.370 e. The van der Waals surface area contributed by atoms with Crippen LogP contribution in [0.4, 0.5) is 5.82 Å². The Balaban J connectivity index is 1.66. The second kappa shape index (κ2) is 6.90. The Morgan fingerprint density at radius 2 is 2.33 bits per heavy atom.